The van der Waals surface area contributed by atoms with E-state index in [0.717, 1.165) is 0 Å². The van der Waals surface area contributed by atoms with Crippen LogP contribution in [0, 0.1) is 0 Å². The largest absolute Gasteiger partial charge is 0.378 e. The first-order valence-electron chi connectivity index (χ1n) is 7.04. The first-order valence-corrected chi connectivity index (χ1v) is 8.96. The molecule has 0 aliphatic carbocycles. The van der Waals surface area contributed by atoms with Crippen LogP contribution in [0.5, 0.6) is 0 Å². The van der Waals surface area contributed by atoms with Gasteiger partial charge in [-0.25, -0.2) is 0 Å². The smallest absolute Gasteiger partial charge is 0.254 e. The van der Waals surface area contributed by atoms with Gasteiger partial charge in [0.05, 0.1) is 23.8 Å². The minimum atomic E-state index is -1.81. The van der Waals surface area contributed by atoms with Crippen molar-refractivity contribution in [2.75, 3.05) is 26.3 Å². The highest BCUT2D eigenvalue weighted by Gasteiger charge is 2.36. The molecule has 1 fully saturated rings. The molecular weight excluding hydrogens is 416 g/mol. The van der Waals surface area contributed by atoms with Crippen molar-refractivity contribution in [2.45, 2.75) is 9.96 Å². The molecule has 1 aliphatic rings. The fourth-order valence-electron chi connectivity index (χ4n) is 2.04. The lowest BCUT2D eigenvalue weighted by molar-refractivity contribution is 0.0671. The number of hydrogen-bond acceptors (Lipinski definition) is 3. The van der Waals surface area contributed by atoms with E-state index in [2.05, 4.69) is 10.6 Å². The van der Waals surface area contributed by atoms with Crippen LogP contribution in [-0.4, -0.2) is 52.2 Å². The summed E-state index contributed by atoms with van der Waals surface area (Å²) >= 11 is 29.3. The number of morpholine rings is 1. The zero-order valence-electron chi connectivity index (χ0n) is 12.4. The Morgan fingerprint density at radius 2 is 1.83 bits per heavy atom. The van der Waals surface area contributed by atoms with E-state index in [-0.39, 0.29) is 5.56 Å². The van der Waals surface area contributed by atoms with E-state index >= 15 is 0 Å². The maximum Gasteiger partial charge on any atom is 0.254 e. The van der Waals surface area contributed by atoms with Gasteiger partial charge in [-0.05, 0) is 24.4 Å². The molecule has 1 atom stereocenters. The molecule has 0 spiro atoms. The molecule has 1 saturated heterocycles. The van der Waals surface area contributed by atoms with Gasteiger partial charge in [0.2, 0.25) is 3.79 Å². The van der Waals surface area contributed by atoms with Crippen LogP contribution in [-0.2, 0) is 4.74 Å². The highest BCUT2D eigenvalue weighted by Crippen LogP contribution is 2.29. The van der Waals surface area contributed by atoms with Crippen LogP contribution < -0.4 is 10.6 Å². The van der Waals surface area contributed by atoms with Crippen molar-refractivity contribution in [1.29, 1.82) is 0 Å². The van der Waals surface area contributed by atoms with Crippen LogP contribution in [0.4, 0.5) is 0 Å². The van der Waals surface area contributed by atoms with Gasteiger partial charge >= 0.3 is 0 Å². The maximum atomic E-state index is 12.4. The topological polar surface area (TPSA) is 53.6 Å². The van der Waals surface area contributed by atoms with Gasteiger partial charge in [-0.3, -0.25) is 4.79 Å². The molecule has 0 aromatic heterocycles. The number of hydrogen-bond donors (Lipinski definition) is 2. The van der Waals surface area contributed by atoms with Gasteiger partial charge in [0.1, 0.15) is 6.17 Å². The Balaban J connectivity index is 2.07. The van der Waals surface area contributed by atoms with E-state index in [4.69, 9.17) is 63.4 Å². The summed E-state index contributed by atoms with van der Waals surface area (Å²) in [7, 11) is 0. The Labute approximate surface area is 165 Å². The lowest BCUT2D eigenvalue weighted by Crippen LogP contribution is -2.59. The van der Waals surface area contributed by atoms with Crippen LogP contribution in [0.15, 0.2) is 24.3 Å². The van der Waals surface area contributed by atoms with Crippen molar-refractivity contribution in [3.63, 3.8) is 0 Å². The first kappa shape index (κ1) is 19.8. The van der Waals surface area contributed by atoms with Crippen molar-refractivity contribution in [3.8, 4) is 0 Å². The normalized spacial score (nSPS) is 16.4. The number of alkyl halides is 3. The number of amides is 1. The van der Waals surface area contributed by atoms with Gasteiger partial charge < -0.3 is 20.3 Å². The van der Waals surface area contributed by atoms with Crippen LogP contribution >= 0.6 is 58.6 Å². The molecule has 0 bridgehead atoms. The van der Waals surface area contributed by atoms with Gasteiger partial charge in [0.15, 0.2) is 5.11 Å². The Bertz CT molecular complexity index is 606. The Morgan fingerprint density at radius 3 is 2.42 bits per heavy atom. The van der Waals surface area contributed by atoms with Crippen molar-refractivity contribution >= 4 is 69.6 Å². The second-order valence-corrected chi connectivity index (χ2v) is 8.14. The van der Waals surface area contributed by atoms with Gasteiger partial charge in [0, 0.05) is 13.1 Å². The number of thiocarbonyl (C=S) groups is 1. The predicted octanol–water partition coefficient (Wildman–Crippen LogP) is 2.97. The summed E-state index contributed by atoms with van der Waals surface area (Å²) < 4.78 is 3.45. The zero-order valence-corrected chi connectivity index (χ0v) is 16.2. The Kier molecular flexibility index (Phi) is 7.22. The quantitative estimate of drug-likeness (QED) is 0.438. The lowest BCUT2D eigenvalue weighted by Gasteiger charge is -2.34. The van der Waals surface area contributed by atoms with Crippen molar-refractivity contribution in [1.82, 2.24) is 15.5 Å². The van der Waals surface area contributed by atoms with Crippen molar-refractivity contribution in [3.05, 3.63) is 34.9 Å². The molecule has 0 radical (unpaired) electrons. The molecule has 2 rings (SSSR count). The van der Waals surface area contributed by atoms with E-state index in [1.807, 2.05) is 4.90 Å². The fourth-order valence-corrected chi connectivity index (χ4v) is 2.88. The minimum Gasteiger partial charge on any atom is -0.378 e. The number of carbonyl (C=O) groups is 1. The molecule has 1 aromatic rings. The number of rotatable bonds is 3. The summed E-state index contributed by atoms with van der Waals surface area (Å²) in [6.45, 7) is 2.37. The minimum absolute atomic E-state index is 0.275. The maximum absolute atomic E-state index is 12.4. The summed E-state index contributed by atoms with van der Waals surface area (Å²) in [5.74, 6) is -0.478. The van der Waals surface area contributed by atoms with Crippen LogP contribution in [0.25, 0.3) is 0 Å². The van der Waals surface area contributed by atoms with E-state index < -0.39 is 15.9 Å². The molecular formula is C14H15Cl4N3O2S. The molecule has 1 aromatic carbocycles. The molecule has 5 nitrogen and oxygen atoms in total. The van der Waals surface area contributed by atoms with Crippen LogP contribution in [0.2, 0.25) is 5.02 Å². The SMILES string of the molecule is O=C(N[C@@H](NC(=S)N1CCOCC1)C(Cl)(Cl)Cl)c1ccccc1Cl. The zero-order chi connectivity index (χ0) is 17.7. The second kappa shape index (κ2) is 8.74. The number of ether oxygens (including phenoxy) is 1. The molecule has 0 unspecified atom stereocenters. The molecule has 1 heterocycles. The lowest BCUT2D eigenvalue weighted by atomic mass is 10.2. The third kappa shape index (κ3) is 5.51. The number of halogens is 4. The monoisotopic (exact) mass is 429 g/mol. The summed E-state index contributed by atoms with van der Waals surface area (Å²) in [5, 5.41) is 6.16. The standard InChI is InChI=1S/C14H15Cl4N3O2S/c15-10-4-2-1-3-9(10)11(22)19-12(14(16,17)18)20-13(24)21-5-7-23-8-6-21/h1-4,12H,5-8H2,(H,19,22)(H,20,24)/t12-/m0/s1. The predicted molar refractivity (Wildman–Crippen MR) is 101 cm³/mol. The molecule has 2 N–H and O–H groups in total. The number of nitrogens with zero attached hydrogens (tertiary/aromatic N) is 1. The first-order chi connectivity index (χ1) is 11.3. The van der Waals surface area contributed by atoms with Crippen LogP contribution in [0.3, 0.4) is 0 Å². The molecule has 132 valence electrons. The molecule has 10 heteroatoms. The number of benzene rings is 1. The second-order valence-electron chi connectivity index (χ2n) is 4.98. The summed E-state index contributed by atoms with van der Waals surface area (Å²) in [4.78, 5) is 14.3. The Morgan fingerprint density at radius 1 is 1.21 bits per heavy atom. The summed E-state index contributed by atoms with van der Waals surface area (Å²) in [6.07, 6.45) is -1.03. The summed E-state index contributed by atoms with van der Waals surface area (Å²) in [5.41, 5.74) is 0.275. The molecule has 0 saturated carbocycles. The van der Waals surface area contributed by atoms with E-state index in [0.29, 0.717) is 36.4 Å². The van der Waals surface area contributed by atoms with E-state index in [1.165, 1.54) is 0 Å². The molecule has 1 aliphatic heterocycles. The number of nitrogens with one attached hydrogen (secondary N) is 2. The van der Waals surface area contributed by atoms with Gasteiger partial charge in [-0.2, -0.15) is 0 Å². The highest BCUT2D eigenvalue weighted by atomic mass is 35.6. The van der Waals surface area contributed by atoms with E-state index in [1.54, 1.807) is 24.3 Å². The number of carbonyl (C=O) groups excluding carboxylic acids is 1. The highest BCUT2D eigenvalue weighted by molar-refractivity contribution is 7.80. The van der Waals surface area contributed by atoms with Crippen molar-refractivity contribution in [2.24, 2.45) is 0 Å². The van der Waals surface area contributed by atoms with Gasteiger partial charge in [0.25, 0.3) is 5.91 Å². The third-order valence-corrected chi connectivity index (χ3v) is 4.65. The average molecular weight is 431 g/mol. The van der Waals surface area contributed by atoms with Crippen molar-refractivity contribution < 1.29 is 9.53 Å². The third-order valence-electron chi connectivity index (χ3n) is 3.29. The average Bonchev–Trinajstić information content (AvgIpc) is 2.54. The molecule has 24 heavy (non-hydrogen) atoms. The summed E-state index contributed by atoms with van der Waals surface area (Å²) in [6, 6.07) is 6.59. The van der Waals surface area contributed by atoms with Gasteiger partial charge in [-0.1, -0.05) is 58.5 Å². The van der Waals surface area contributed by atoms with Gasteiger partial charge in [-0.15, -0.1) is 0 Å². The van der Waals surface area contributed by atoms with Crippen LogP contribution in [0.1, 0.15) is 10.4 Å². The molecule has 1 amide bonds. The Hall–Kier alpha value is -0.500. The fraction of sp³-hybridized carbons (Fsp3) is 0.429. The van der Waals surface area contributed by atoms with E-state index in [9.17, 15) is 4.79 Å².